The van der Waals surface area contributed by atoms with Crippen LogP contribution in [0, 0.1) is 0 Å². The number of allylic oxidation sites excluding steroid dienone is 1. The summed E-state index contributed by atoms with van der Waals surface area (Å²) >= 11 is 0. The van der Waals surface area contributed by atoms with Crippen LogP contribution in [-0.4, -0.2) is 18.7 Å². The molecule has 0 saturated heterocycles. The Morgan fingerprint density at radius 2 is 1.92 bits per heavy atom. The van der Waals surface area contributed by atoms with Crippen LogP contribution in [-0.2, 0) is 10.1 Å². The van der Waals surface area contributed by atoms with Gasteiger partial charge in [-0.05, 0) is 26.2 Å². The molecule has 0 saturated carbocycles. The summed E-state index contributed by atoms with van der Waals surface area (Å²) in [6, 6.07) is 0. The van der Waals surface area contributed by atoms with Gasteiger partial charge in [0.05, 0.1) is 10.1 Å². The second-order valence-corrected chi connectivity index (χ2v) is 4.20. The number of unbranched alkanes of at least 4 members (excludes halogenated alkanes) is 1. The predicted molar refractivity (Wildman–Crippen MR) is 43.2 cm³/mol. The van der Waals surface area contributed by atoms with E-state index in [1.165, 1.54) is 0 Å². The molecule has 0 aliphatic carbocycles. The van der Waals surface area contributed by atoms with Crippen LogP contribution in [0.3, 0.4) is 0 Å². The first-order valence-corrected chi connectivity index (χ1v) is 5.07. The van der Waals surface area contributed by atoms with E-state index >= 15 is 0 Å². The fourth-order valence-electron chi connectivity index (χ4n) is 0.706. The van der Waals surface area contributed by atoms with E-state index in [0.717, 1.165) is 18.4 Å². The minimum Gasteiger partial charge on any atom is -0.748 e. The summed E-state index contributed by atoms with van der Waals surface area (Å²) in [4.78, 5) is 0. The Hall–Kier alpha value is 0.650. The maximum atomic E-state index is 10.1. The molecule has 0 spiro atoms. The minimum absolute atomic E-state index is 0. The largest absolute Gasteiger partial charge is 1.00 e. The molecule has 0 atom stereocenters. The summed E-state index contributed by atoms with van der Waals surface area (Å²) in [7, 11) is -4.00. The first kappa shape index (κ1) is 15.1. The van der Waals surface area contributed by atoms with Crippen LogP contribution < -0.4 is 29.6 Å². The molecule has 5 heteroatoms. The summed E-state index contributed by atoms with van der Waals surface area (Å²) in [5, 5.41) is 0. The molecule has 66 valence electrons. The van der Waals surface area contributed by atoms with Gasteiger partial charge in [0, 0.05) is 5.75 Å². The predicted octanol–water partition coefficient (Wildman–Crippen LogP) is -1.72. The van der Waals surface area contributed by atoms with E-state index in [1.807, 2.05) is 6.92 Å². The molecule has 0 bridgehead atoms. The zero-order chi connectivity index (χ0) is 8.91. The van der Waals surface area contributed by atoms with Gasteiger partial charge in [0.15, 0.2) is 0 Å². The van der Waals surface area contributed by atoms with E-state index < -0.39 is 10.1 Å². The molecule has 3 nitrogen and oxygen atoms in total. The maximum absolute atomic E-state index is 10.1. The quantitative estimate of drug-likeness (QED) is 0.230. The molecule has 0 radical (unpaired) electrons. The molecule has 0 unspecified atom stereocenters. The Labute approximate surface area is 96.3 Å². The van der Waals surface area contributed by atoms with Crippen LogP contribution >= 0.6 is 0 Å². The molecule has 0 heterocycles. The smallest absolute Gasteiger partial charge is 0.748 e. The Balaban J connectivity index is 0. The van der Waals surface area contributed by atoms with Crippen LogP contribution in [0.15, 0.2) is 12.2 Å². The molecule has 0 fully saturated rings. The average Bonchev–Trinajstić information content (AvgIpc) is 1.78. The maximum Gasteiger partial charge on any atom is 1.00 e. The van der Waals surface area contributed by atoms with Gasteiger partial charge in [-0.25, -0.2) is 8.42 Å². The Morgan fingerprint density at radius 1 is 1.42 bits per heavy atom. The van der Waals surface area contributed by atoms with Gasteiger partial charge in [0.2, 0.25) is 0 Å². The van der Waals surface area contributed by atoms with Gasteiger partial charge in [-0.3, -0.25) is 0 Å². The van der Waals surface area contributed by atoms with Crippen molar-refractivity contribution in [1.29, 1.82) is 0 Å². The molecular weight excluding hydrogens is 187 g/mol. The molecule has 0 N–H and O–H groups in total. The number of hydrogen-bond donors (Lipinski definition) is 0. The fraction of sp³-hybridized carbons (Fsp3) is 0.714. The van der Waals surface area contributed by atoms with Crippen molar-refractivity contribution < 1.29 is 42.5 Å². The third-order valence-corrected chi connectivity index (χ3v) is 2.04. The number of rotatable bonds is 5. The SMILES string of the molecule is C=C(C)CCCCS(=O)(=O)[O-].[Na+]. The van der Waals surface area contributed by atoms with Gasteiger partial charge in [0.25, 0.3) is 0 Å². The summed E-state index contributed by atoms with van der Waals surface area (Å²) < 4.78 is 30.3. The summed E-state index contributed by atoms with van der Waals surface area (Å²) in [6.45, 7) is 5.54. The molecule has 0 aliphatic heterocycles. The molecule has 0 rings (SSSR count). The van der Waals surface area contributed by atoms with Crippen molar-refractivity contribution in [1.82, 2.24) is 0 Å². The molecule has 0 aromatic heterocycles. The zero-order valence-corrected chi connectivity index (χ0v) is 10.5. The van der Waals surface area contributed by atoms with Gasteiger partial charge in [0.1, 0.15) is 0 Å². The Kier molecular flexibility index (Phi) is 8.95. The van der Waals surface area contributed by atoms with Crippen LogP contribution in [0.5, 0.6) is 0 Å². The second kappa shape index (κ2) is 7.09. The van der Waals surface area contributed by atoms with E-state index in [-0.39, 0.29) is 35.3 Å². The van der Waals surface area contributed by atoms with E-state index in [0.29, 0.717) is 6.42 Å². The van der Waals surface area contributed by atoms with Gasteiger partial charge in [-0.2, -0.15) is 0 Å². The van der Waals surface area contributed by atoms with Crippen molar-refractivity contribution in [3.63, 3.8) is 0 Å². The summed E-state index contributed by atoms with van der Waals surface area (Å²) in [5.74, 6) is -0.250. The Morgan fingerprint density at radius 3 is 2.25 bits per heavy atom. The molecule has 0 aromatic carbocycles. The number of hydrogen-bond acceptors (Lipinski definition) is 3. The van der Waals surface area contributed by atoms with Crippen molar-refractivity contribution >= 4 is 10.1 Å². The van der Waals surface area contributed by atoms with Crippen LogP contribution in [0.2, 0.25) is 0 Å². The van der Waals surface area contributed by atoms with Gasteiger partial charge in [-0.15, -0.1) is 6.58 Å². The average molecular weight is 200 g/mol. The van der Waals surface area contributed by atoms with Crippen molar-refractivity contribution in [2.45, 2.75) is 26.2 Å². The minimum atomic E-state index is -4.00. The van der Waals surface area contributed by atoms with Crippen LogP contribution in [0.4, 0.5) is 0 Å². The molecule has 0 aromatic rings. The first-order chi connectivity index (χ1) is 4.92. The molecule has 12 heavy (non-hydrogen) atoms. The zero-order valence-electron chi connectivity index (χ0n) is 7.67. The normalized spacial score (nSPS) is 10.5. The second-order valence-electron chi connectivity index (χ2n) is 2.68. The van der Waals surface area contributed by atoms with Crippen LogP contribution in [0.25, 0.3) is 0 Å². The van der Waals surface area contributed by atoms with Gasteiger partial charge in [-0.1, -0.05) is 5.57 Å². The van der Waals surface area contributed by atoms with Crippen LogP contribution in [0.1, 0.15) is 26.2 Å². The topological polar surface area (TPSA) is 57.2 Å². The van der Waals surface area contributed by atoms with Crippen molar-refractivity contribution in [3.05, 3.63) is 12.2 Å². The molecule has 0 aliphatic rings. The van der Waals surface area contributed by atoms with Crippen molar-refractivity contribution in [2.24, 2.45) is 0 Å². The van der Waals surface area contributed by atoms with E-state index in [1.54, 1.807) is 0 Å². The fourth-order valence-corrected chi connectivity index (χ4v) is 1.26. The first-order valence-electron chi connectivity index (χ1n) is 3.50. The standard InChI is InChI=1S/C7H14O3S.Na/c1-7(2)5-3-4-6-11(8,9)10;/h1,3-6H2,2H3,(H,8,9,10);/q;+1/p-1. The van der Waals surface area contributed by atoms with Crippen molar-refractivity contribution in [3.8, 4) is 0 Å². The van der Waals surface area contributed by atoms with E-state index in [9.17, 15) is 13.0 Å². The molecular formula is C7H13NaO3S. The molecule has 0 amide bonds. The van der Waals surface area contributed by atoms with E-state index in [2.05, 4.69) is 6.58 Å². The summed E-state index contributed by atoms with van der Waals surface area (Å²) in [5.41, 5.74) is 1.02. The monoisotopic (exact) mass is 200 g/mol. The van der Waals surface area contributed by atoms with E-state index in [4.69, 9.17) is 0 Å². The van der Waals surface area contributed by atoms with Crippen molar-refractivity contribution in [2.75, 3.05) is 5.75 Å². The Bertz CT molecular complexity index is 221. The third kappa shape index (κ3) is 13.3. The van der Waals surface area contributed by atoms with Gasteiger partial charge >= 0.3 is 29.6 Å². The third-order valence-electron chi connectivity index (χ3n) is 1.25. The summed E-state index contributed by atoms with van der Waals surface area (Å²) in [6.07, 6.45) is 1.98. The van der Waals surface area contributed by atoms with Gasteiger partial charge < -0.3 is 4.55 Å².